The molecule has 0 bridgehead atoms. The molecule has 0 aromatic heterocycles. The molecule has 0 N–H and O–H groups in total. The van der Waals surface area contributed by atoms with Crippen molar-refractivity contribution in [3.8, 4) is 0 Å². The summed E-state index contributed by atoms with van der Waals surface area (Å²) in [6.07, 6.45) is 11.6. The zero-order valence-corrected chi connectivity index (χ0v) is 10.4. The van der Waals surface area contributed by atoms with E-state index in [4.69, 9.17) is 0 Å². The van der Waals surface area contributed by atoms with Crippen LogP contribution in [-0.2, 0) is 4.79 Å². The van der Waals surface area contributed by atoms with Gasteiger partial charge >= 0.3 is 0 Å². The van der Waals surface area contributed by atoms with Gasteiger partial charge in [-0.3, -0.25) is 0 Å². The highest BCUT2D eigenvalue weighted by Gasteiger charge is 2.24. The zero-order valence-electron chi connectivity index (χ0n) is 10.4. The van der Waals surface area contributed by atoms with Crippen molar-refractivity contribution < 1.29 is 4.79 Å². The Labute approximate surface area is 94.6 Å². The summed E-state index contributed by atoms with van der Waals surface area (Å²) >= 11 is 0. The Morgan fingerprint density at radius 3 is 2.47 bits per heavy atom. The smallest absolute Gasteiger partial charge is 0.120 e. The lowest BCUT2D eigenvalue weighted by molar-refractivity contribution is -0.109. The number of carbonyl (C=O) groups is 1. The molecule has 1 heteroatoms. The van der Waals surface area contributed by atoms with Gasteiger partial charge in [-0.05, 0) is 30.6 Å². The van der Waals surface area contributed by atoms with Crippen LogP contribution in [0.2, 0.25) is 0 Å². The van der Waals surface area contributed by atoms with Crippen LogP contribution in [0.3, 0.4) is 0 Å². The summed E-state index contributed by atoms with van der Waals surface area (Å²) in [7, 11) is 0. The third kappa shape index (κ3) is 4.36. The van der Waals surface area contributed by atoms with Gasteiger partial charge in [-0.1, -0.05) is 46.0 Å². The Morgan fingerprint density at radius 2 is 1.93 bits per heavy atom. The monoisotopic (exact) mass is 210 g/mol. The van der Waals surface area contributed by atoms with Crippen LogP contribution in [0.15, 0.2) is 0 Å². The second-order valence-corrected chi connectivity index (χ2v) is 5.30. The molecule has 1 aliphatic rings. The average molecular weight is 210 g/mol. The molecule has 1 atom stereocenters. The van der Waals surface area contributed by atoms with Crippen molar-refractivity contribution in [2.24, 2.45) is 17.8 Å². The van der Waals surface area contributed by atoms with Gasteiger partial charge in [0.15, 0.2) is 0 Å². The fraction of sp³-hybridized carbons (Fsp3) is 0.929. The van der Waals surface area contributed by atoms with Gasteiger partial charge in [0.1, 0.15) is 6.29 Å². The van der Waals surface area contributed by atoms with E-state index >= 15 is 0 Å². The standard InChI is InChI=1S/C14H26O/c1-3-4-5-13-6-8-14(9-7-13)12(2)10-11-15/h11-14H,3-10H2,1-2H3. The van der Waals surface area contributed by atoms with E-state index in [0.29, 0.717) is 5.92 Å². The Balaban J connectivity index is 2.20. The molecule has 15 heavy (non-hydrogen) atoms. The molecular weight excluding hydrogens is 184 g/mol. The van der Waals surface area contributed by atoms with Crippen LogP contribution in [0, 0.1) is 17.8 Å². The van der Waals surface area contributed by atoms with Crippen LogP contribution in [0.4, 0.5) is 0 Å². The van der Waals surface area contributed by atoms with Crippen molar-refractivity contribution in [2.75, 3.05) is 0 Å². The Hall–Kier alpha value is -0.330. The number of rotatable bonds is 6. The van der Waals surface area contributed by atoms with Gasteiger partial charge in [-0.2, -0.15) is 0 Å². The molecule has 0 heterocycles. The average Bonchev–Trinajstić information content (AvgIpc) is 2.27. The van der Waals surface area contributed by atoms with Crippen molar-refractivity contribution in [3.63, 3.8) is 0 Å². The van der Waals surface area contributed by atoms with E-state index < -0.39 is 0 Å². The van der Waals surface area contributed by atoms with Crippen LogP contribution < -0.4 is 0 Å². The Bertz CT molecular complexity index is 168. The summed E-state index contributed by atoms with van der Waals surface area (Å²) in [5, 5.41) is 0. The van der Waals surface area contributed by atoms with Crippen molar-refractivity contribution in [1.82, 2.24) is 0 Å². The highest BCUT2D eigenvalue weighted by Crippen LogP contribution is 2.36. The fourth-order valence-corrected chi connectivity index (χ4v) is 2.88. The first kappa shape index (κ1) is 12.7. The van der Waals surface area contributed by atoms with E-state index in [9.17, 15) is 4.79 Å². The zero-order chi connectivity index (χ0) is 11.1. The van der Waals surface area contributed by atoms with Gasteiger partial charge in [0, 0.05) is 6.42 Å². The molecule has 0 amide bonds. The largest absolute Gasteiger partial charge is 0.303 e. The predicted octanol–water partition coefficient (Wildman–Crippen LogP) is 4.21. The summed E-state index contributed by atoms with van der Waals surface area (Å²) in [4.78, 5) is 10.5. The first-order valence-corrected chi connectivity index (χ1v) is 6.71. The molecule has 1 fully saturated rings. The topological polar surface area (TPSA) is 17.1 Å². The first-order chi connectivity index (χ1) is 7.27. The Kier molecular flexibility index (Phi) is 5.97. The van der Waals surface area contributed by atoms with Crippen LogP contribution in [0.1, 0.15) is 65.2 Å². The molecule has 1 unspecified atom stereocenters. The minimum Gasteiger partial charge on any atom is -0.303 e. The van der Waals surface area contributed by atoms with Gasteiger partial charge in [0.05, 0.1) is 0 Å². The molecule has 1 aliphatic carbocycles. The number of hydrogen-bond donors (Lipinski definition) is 0. The van der Waals surface area contributed by atoms with Gasteiger partial charge < -0.3 is 4.79 Å². The van der Waals surface area contributed by atoms with E-state index in [1.165, 1.54) is 44.9 Å². The van der Waals surface area contributed by atoms with Crippen LogP contribution in [0.5, 0.6) is 0 Å². The van der Waals surface area contributed by atoms with Crippen molar-refractivity contribution >= 4 is 6.29 Å². The molecular formula is C14H26O. The van der Waals surface area contributed by atoms with Gasteiger partial charge in [-0.25, -0.2) is 0 Å². The molecule has 0 radical (unpaired) electrons. The van der Waals surface area contributed by atoms with Crippen molar-refractivity contribution in [3.05, 3.63) is 0 Å². The summed E-state index contributed by atoms with van der Waals surface area (Å²) in [5.41, 5.74) is 0. The summed E-state index contributed by atoms with van der Waals surface area (Å²) < 4.78 is 0. The van der Waals surface area contributed by atoms with E-state index in [1.54, 1.807) is 0 Å². The van der Waals surface area contributed by atoms with Gasteiger partial charge in [0.25, 0.3) is 0 Å². The maximum atomic E-state index is 10.5. The molecule has 1 rings (SSSR count). The van der Waals surface area contributed by atoms with Crippen molar-refractivity contribution in [2.45, 2.75) is 65.2 Å². The maximum absolute atomic E-state index is 10.5. The summed E-state index contributed by atoms with van der Waals surface area (Å²) in [5.74, 6) is 2.44. The highest BCUT2D eigenvalue weighted by atomic mass is 16.1. The van der Waals surface area contributed by atoms with Crippen LogP contribution in [0.25, 0.3) is 0 Å². The minimum absolute atomic E-state index is 0.620. The number of unbranched alkanes of at least 4 members (excludes halogenated alkanes) is 1. The summed E-state index contributed by atoms with van der Waals surface area (Å²) in [6.45, 7) is 4.52. The second-order valence-electron chi connectivity index (χ2n) is 5.30. The third-order valence-corrected chi connectivity index (χ3v) is 4.13. The predicted molar refractivity (Wildman–Crippen MR) is 64.8 cm³/mol. The van der Waals surface area contributed by atoms with E-state index in [2.05, 4.69) is 13.8 Å². The normalized spacial score (nSPS) is 28.7. The fourth-order valence-electron chi connectivity index (χ4n) is 2.88. The second kappa shape index (κ2) is 7.03. The Morgan fingerprint density at radius 1 is 1.27 bits per heavy atom. The summed E-state index contributed by atoms with van der Waals surface area (Å²) in [6, 6.07) is 0. The molecule has 0 spiro atoms. The molecule has 88 valence electrons. The molecule has 1 nitrogen and oxygen atoms in total. The molecule has 1 saturated carbocycles. The highest BCUT2D eigenvalue weighted by molar-refractivity contribution is 5.49. The number of aldehydes is 1. The molecule has 0 aromatic rings. The maximum Gasteiger partial charge on any atom is 0.120 e. The van der Waals surface area contributed by atoms with E-state index in [-0.39, 0.29) is 0 Å². The third-order valence-electron chi connectivity index (χ3n) is 4.13. The van der Waals surface area contributed by atoms with E-state index in [0.717, 1.165) is 24.5 Å². The lowest BCUT2D eigenvalue weighted by atomic mass is 9.74. The lowest BCUT2D eigenvalue weighted by Crippen LogP contribution is -2.20. The van der Waals surface area contributed by atoms with Crippen LogP contribution >= 0.6 is 0 Å². The van der Waals surface area contributed by atoms with Gasteiger partial charge in [-0.15, -0.1) is 0 Å². The number of hydrogen-bond acceptors (Lipinski definition) is 1. The quantitative estimate of drug-likeness (QED) is 0.600. The van der Waals surface area contributed by atoms with E-state index in [1.807, 2.05) is 0 Å². The molecule has 0 saturated heterocycles. The van der Waals surface area contributed by atoms with Gasteiger partial charge in [0.2, 0.25) is 0 Å². The van der Waals surface area contributed by atoms with Crippen LogP contribution in [-0.4, -0.2) is 6.29 Å². The number of carbonyl (C=O) groups excluding carboxylic acids is 1. The molecule has 0 aliphatic heterocycles. The SMILES string of the molecule is CCCCC1CCC(C(C)CC=O)CC1. The minimum atomic E-state index is 0.620. The first-order valence-electron chi connectivity index (χ1n) is 6.71. The molecule has 0 aromatic carbocycles. The lowest BCUT2D eigenvalue weighted by Gasteiger charge is -2.31. The van der Waals surface area contributed by atoms with Crippen molar-refractivity contribution in [1.29, 1.82) is 0 Å².